The fourth-order valence-corrected chi connectivity index (χ4v) is 2.73. The molecule has 0 saturated carbocycles. The van der Waals surface area contributed by atoms with Crippen LogP contribution in [0.4, 0.5) is 5.69 Å². The van der Waals surface area contributed by atoms with E-state index in [2.05, 4.69) is 34.1 Å². The topological polar surface area (TPSA) is 53.4 Å². The first-order chi connectivity index (χ1) is 9.75. The minimum Gasteiger partial charge on any atom is -0.476 e. The van der Waals surface area contributed by atoms with E-state index in [-0.39, 0.29) is 5.69 Å². The van der Waals surface area contributed by atoms with Gasteiger partial charge >= 0.3 is 5.97 Å². The number of carboxylic acids is 1. The van der Waals surface area contributed by atoms with Crippen LogP contribution in [0.5, 0.6) is 0 Å². The zero-order valence-electron chi connectivity index (χ0n) is 11.1. The second-order valence-electron chi connectivity index (χ2n) is 4.93. The Morgan fingerprint density at radius 3 is 2.30 bits per heavy atom. The number of aromatic carboxylic acids is 1. The van der Waals surface area contributed by atoms with Crippen LogP contribution in [0.15, 0.2) is 42.6 Å². The maximum Gasteiger partial charge on any atom is 0.356 e. The lowest BCUT2D eigenvalue weighted by Crippen LogP contribution is -2.28. The Labute approximate surface area is 117 Å². The molecule has 3 rings (SSSR count). The van der Waals surface area contributed by atoms with Crippen LogP contribution in [0.2, 0.25) is 0 Å². The molecule has 0 radical (unpaired) electrons. The predicted octanol–water partition coefficient (Wildman–Crippen LogP) is 2.39. The molecule has 1 aromatic carbocycles. The molecule has 2 heterocycles. The number of hydrogen-bond donors (Lipinski definition) is 1. The molecule has 4 nitrogen and oxygen atoms in total. The second-order valence-corrected chi connectivity index (χ2v) is 4.93. The Morgan fingerprint density at radius 1 is 1.05 bits per heavy atom. The Morgan fingerprint density at radius 2 is 1.70 bits per heavy atom. The molecule has 0 saturated heterocycles. The number of carboxylic acid groups (broad SMARTS) is 1. The summed E-state index contributed by atoms with van der Waals surface area (Å²) < 4.78 is 0. The highest BCUT2D eigenvalue weighted by molar-refractivity contribution is 5.92. The van der Waals surface area contributed by atoms with Gasteiger partial charge in [0, 0.05) is 19.3 Å². The first-order valence-electron chi connectivity index (χ1n) is 6.76. The predicted molar refractivity (Wildman–Crippen MR) is 77.3 cm³/mol. The molecule has 4 heteroatoms. The number of nitrogens with zero attached hydrogens (tertiary/aromatic N) is 2. The molecule has 0 spiro atoms. The van der Waals surface area contributed by atoms with Crippen LogP contribution >= 0.6 is 0 Å². The lowest BCUT2D eigenvalue weighted by Gasteiger charge is -2.23. The molecule has 0 fully saturated rings. The summed E-state index contributed by atoms with van der Waals surface area (Å²) in [5.74, 6) is -0.970. The highest BCUT2D eigenvalue weighted by Crippen LogP contribution is 2.23. The zero-order valence-corrected chi connectivity index (χ0v) is 11.1. The van der Waals surface area contributed by atoms with Crippen molar-refractivity contribution in [1.29, 1.82) is 0 Å². The van der Waals surface area contributed by atoms with Crippen LogP contribution in [0, 0.1) is 0 Å². The third kappa shape index (κ3) is 2.37. The standard InChI is InChI=1S/C16H16N2O2/c19-16(20)15-14(6-3-9-17-15)18-10-7-12-4-1-2-5-13(12)8-11-18/h1-6,9H,7-8,10-11H2,(H,19,20). The molecule has 2 aromatic rings. The van der Waals surface area contributed by atoms with Gasteiger partial charge in [0.1, 0.15) is 0 Å². The average Bonchev–Trinajstić information content (AvgIpc) is 2.70. The normalized spacial score (nSPS) is 14.5. The summed E-state index contributed by atoms with van der Waals surface area (Å²) in [6.07, 6.45) is 3.40. The second kappa shape index (κ2) is 5.33. The maximum atomic E-state index is 11.3. The number of fused-ring (bicyclic) bond motifs is 1. The number of carbonyl (C=O) groups is 1. The number of pyridine rings is 1. The van der Waals surface area contributed by atoms with Gasteiger partial charge in [-0.15, -0.1) is 0 Å². The van der Waals surface area contributed by atoms with Gasteiger partial charge in [0.2, 0.25) is 0 Å². The quantitative estimate of drug-likeness (QED) is 0.908. The van der Waals surface area contributed by atoms with Crippen molar-refractivity contribution in [3.8, 4) is 0 Å². The van der Waals surface area contributed by atoms with Crippen molar-refractivity contribution < 1.29 is 9.90 Å². The Bertz CT molecular complexity index is 613. The van der Waals surface area contributed by atoms with Crippen LogP contribution in [-0.4, -0.2) is 29.1 Å². The molecule has 1 aromatic heterocycles. The first kappa shape index (κ1) is 12.7. The number of rotatable bonds is 2. The monoisotopic (exact) mass is 268 g/mol. The van der Waals surface area contributed by atoms with Gasteiger partial charge < -0.3 is 10.0 Å². The summed E-state index contributed by atoms with van der Waals surface area (Å²) in [5.41, 5.74) is 3.57. The van der Waals surface area contributed by atoms with Gasteiger partial charge in [-0.1, -0.05) is 24.3 Å². The van der Waals surface area contributed by atoms with Gasteiger partial charge in [0.25, 0.3) is 0 Å². The van der Waals surface area contributed by atoms with Crippen LogP contribution in [0.1, 0.15) is 21.6 Å². The molecular formula is C16H16N2O2. The van der Waals surface area contributed by atoms with E-state index < -0.39 is 5.97 Å². The van der Waals surface area contributed by atoms with Crippen molar-refractivity contribution >= 4 is 11.7 Å². The summed E-state index contributed by atoms with van der Waals surface area (Å²) in [4.78, 5) is 17.4. The summed E-state index contributed by atoms with van der Waals surface area (Å²) in [6.45, 7) is 1.64. The van der Waals surface area contributed by atoms with Crippen molar-refractivity contribution in [2.24, 2.45) is 0 Å². The molecule has 0 amide bonds. The SMILES string of the molecule is O=C(O)c1ncccc1N1CCc2ccccc2CC1. The van der Waals surface area contributed by atoms with Crippen molar-refractivity contribution in [3.05, 3.63) is 59.4 Å². The van der Waals surface area contributed by atoms with Crippen LogP contribution in [0.3, 0.4) is 0 Å². The zero-order chi connectivity index (χ0) is 13.9. The van der Waals surface area contributed by atoms with E-state index in [0.29, 0.717) is 5.69 Å². The van der Waals surface area contributed by atoms with Crippen molar-refractivity contribution in [2.75, 3.05) is 18.0 Å². The van der Waals surface area contributed by atoms with E-state index in [1.165, 1.54) is 17.3 Å². The Kier molecular flexibility index (Phi) is 3.37. The van der Waals surface area contributed by atoms with Crippen LogP contribution < -0.4 is 4.90 Å². The summed E-state index contributed by atoms with van der Waals surface area (Å²) in [5, 5.41) is 9.25. The Hall–Kier alpha value is -2.36. The van der Waals surface area contributed by atoms with E-state index in [1.807, 2.05) is 6.07 Å². The molecule has 1 N–H and O–H groups in total. The minimum absolute atomic E-state index is 0.137. The molecule has 0 atom stereocenters. The van der Waals surface area contributed by atoms with Gasteiger partial charge in [-0.3, -0.25) is 0 Å². The molecule has 0 aliphatic carbocycles. The van der Waals surface area contributed by atoms with Crippen LogP contribution in [-0.2, 0) is 12.8 Å². The highest BCUT2D eigenvalue weighted by Gasteiger charge is 2.19. The van der Waals surface area contributed by atoms with E-state index in [1.54, 1.807) is 6.07 Å². The summed E-state index contributed by atoms with van der Waals surface area (Å²) in [7, 11) is 0. The molecule has 0 bridgehead atoms. The molecule has 1 aliphatic heterocycles. The van der Waals surface area contributed by atoms with E-state index >= 15 is 0 Å². The molecule has 0 unspecified atom stereocenters. The average molecular weight is 268 g/mol. The molecule has 20 heavy (non-hydrogen) atoms. The highest BCUT2D eigenvalue weighted by atomic mass is 16.4. The molecule has 1 aliphatic rings. The van der Waals surface area contributed by atoms with Crippen molar-refractivity contribution in [2.45, 2.75) is 12.8 Å². The fourth-order valence-electron chi connectivity index (χ4n) is 2.73. The number of benzene rings is 1. The van der Waals surface area contributed by atoms with Gasteiger partial charge in [-0.05, 0) is 36.1 Å². The molecule has 102 valence electrons. The third-order valence-electron chi connectivity index (χ3n) is 3.75. The maximum absolute atomic E-state index is 11.3. The fraction of sp³-hybridized carbons (Fsp3) is 0.250. The molecular weight excluding hydrogens is 252 g/mol. The number of hydrogen-bond acceptors (Lipinski definition) is 3. The lowest BCUT2D eigenvalue weighted by molar-refractivity contribution is 0.0691. The smallest absolute Gasteiger partial charge is 0.356 e. The summed E-state index contributed by atoms with van der Waals surface area (Å²) >= 11 is 0. The number of aromatic nitrogens is 1. The van der Waals surface area contributed by atoms with E-state index in [4.69, 9.17) is 0 Å². The summed E-state index contributed by atoms with van der Waals surface area (Å²) in [6, 6.07) is 12.1. The van der Waals surface area contributed by atoms with E-state index in [0.717, 1.165) is 25.9 Å². The van der Waals surface area contributed by atoms with Gasteiger partial charge in [0.15, 0.2) is 5.69 Å². The first-order valence-corrected chi connectivity index (χ1v) is 6.76. The van der Waals surface area contributed by atoms with Gasteiger partial charge in [-0.2, -0.15) is 0 Å². The largest absolute Gasteiger partial charge is 0.476 e. The van der Waals surface area contributed by atoms with Crippen molar-refractivity contribution in [3.63, 3.8) is 0 Å². The Balaban J connectivity index is 1.89. The number of anilines is 1. The van der Waals surface area contributed by atoms with Gasteiger partial charge in [-0.25, -0.2) is 9.78 Å². The van der Waals surface area contributed by atoms with Crippen molar-refractivity contribution in [1.82, 2.24) is 4.98 Å². The minimum atomic E-state index is -0.970. The lowest BCUT2D eigenvalue weighted by atomic mass is 10.0. The van der Waals surface area contributed by atoms with E-state index in [9.17, 15) is 9.90 Å². The van der Waals surface area contributed by atoms with Crippen LogP contribution in [0.25, 0.3) is 0 Å². The third-order valence-corrected chi connectivity index (χ3v) is 3.75. The van der Waals surface area contributed by atoms with Gasteiger partial charge in [0.05, 0.1) is 5.69 Å².